The van der Waals surface area contributed by atoms with Crippen molar-refractivity contribution in [2.45, 2.75) is 59.3 Å². The lowest BCUT2D eigenvalue weighted by Gasteiger charge is -2.17. The minimum absolute atomic E-state index is 0.0439. The normalized spacial score (nSPS) is 13.2. The van der Waals surface area contributed by atoms with Crippen LogP contribution >= 0.6 is 0 Å². The van der Waals surface area contributed by atoms with Gasteiger partial charge in [-0.2, -0.15) is 0 Å². The van der Waals surface area contributed by atoms with E-state index in [4.69, 9.17) is 9.47 Å². The molecule has 0 saturated carbocycles. The summed E-state index contributed by atoms with van der Waals surface area (Å²) < 4.78 is 10.9. The highest BCUT2D eigenvalue weighted by atomic mass is 16.5. The maximum atomic E-state index is 13.9. The number of carbonyl (C=O) groups is 4. The summed E-state index contributed by atoms with van der Waals surface area (Å²) in [6.45, 7) is 5.96. The highest BCUT2D eigenvalue weighted by Gasteiger charge is 2.47. The molecular formula is C32H33NO6. The number of imide groups is 1. The number of hydrogen-bond acceptors (Lipinski definition) is 6. The summed E-state index contributed by atoms with van der Waals surface area (Å²) in [6, 6.07) is 11.4. The van der Waals surface area contributed by atoms with E-state index < -0.39 is 23.8 Å². The van der Waals surface area contributed by atoms with Crippen molar-refractivity contribution in [3.8, 4) is 22.3 Å². The molecule has 202 valence electrons. The smallest absolute Gasteiger partial charge is 0.339 e. The van der Waals surface area contributed by atoms with Gasteiger partial charge in [0.25, 0.3) is 11.8 Å². The highest BCUT2D eigenvalue weighted by molar-refractivity contribution is 6.33. The van der Waals surface area contributed by atoms with E-state index in [1.54, 1.807) is 13.8 Å². The first-order valence-electron chi connectivity index (χ1n) is 13.9. The van der Waals surface area contributed by atoms with Gasteiger partial charge in [0.05, 0.1) is 35.5 Å². The van der Waals surface area contributed by atoms with E-state index in [2.05, 4.69) is 6.92 Å². The van der Waals surface area contributed by atoms with Crippen LogP contribution in [0.1, 0.15) is 101 Å². The third kappa shape index (κ3) is 4.30. The van der Waals surface area contributed by atoms with Crippen molar-refractivity contribution >= 4 is 34.5 Å². The Kier molecular flexibility index (Phi) is 7.51. The number of hydrogen-bond donors (Lipinski definition) is 0. The second-order valence-corrected chi connectivity index (χ2v) is 9.93. The van der Waals surface area contributed by atoms with Gasteiger partial charge in [0, 0.05) is 17.7 Å². The van der Waals surface area contributed by atoms with Gasteiger partial charge in [-0.1, -0.05) is 75.4 Å². The molecule has 1 aliphatic carbocycles. The van der Waals surface area contributed by atoms with Crippen LogP contribution in [0.15, 0.2) is 36.4 Å². The van der Waals surface area contributed by atoms with E-state index in [9.17, 15) is 19.2 Å². The average Bonchev–Trinajstić information content (AvgIpc) is 3.38. The van der Waals surface area contributed by atoms with Crippen LogP contribution in [0, 0.1) is 0 Å². The Hall–Kier alpha value is -4.00. The van der Waals surface area contributed by atoms with Gasteiger partial charge in [0.2, 0.25) is 0 Å². The topological polar surface area (TPSA) is 90.0 Å². The van der Waals surface area contributed by atoms with Gasteiger partial charge in [-0.3, -0.25) is 14.5 Å². The van der Waals surface area contributed by atoms with Crippen LogP contribution in [0.5, 0.6) is 0 Å². The molecule has 3 aromatic rings. The molecule has 5 rings (SSSR count). The summed E-state index contributed by atoms with van der Waals surface area (Å²) >= 11 is 0. The molecule has 0 fully saturated rings. The summed E-state index contributed by atoms with van der Waals surface area (Å²) in [4.78, 5) is 56.1. The Labute approximate surface area is 228 Å². The minimum Gasteiger partial charge on any atom is -0.462 e. The third-order valence-corrected chi connectivity index (χ3v) is 7.56. The first-order chi connectivity index (χ1) is 19.0. The predicted octanol–water partition coefficient (Wildman–Crippen LogP) is 6.80. The van der Waals surface area contributed by atoms with Crippen LogP contribution in [0.25, 0.3) is 33.0 Å². The number of fused-ring (bicyclic) bond motifs is 4. The summed E-state index contributed by atoms with van der Waals surface area (Å²) in [6.07, 6.45) is 5.95. The highest BCUT2D eigenvalue weighted by Crippen LogP contribution is 2.53. The third-order valence-electron chi connectivity index (χ3n) is 7.56. The SMILES string of the molecule is CCCCCCCCN1C(=O)c2c(c(C(=O)OCC)c3c(c2C(=O)OCC)-c2cccc4cccc-3c24)C1=O. The van der Waals surface area contributed by atoms with Crippen molar-refractivity contribution in [1.82, 2.24) is 4.90 Å². The molecular weight excluding hydrogens is 494 g/mol. The van der Waals surface area contributed by atoms with E-state index in [0.717, 1.165) is 54.0 Å². The van der Waals surface area contributed by atoms with Crippen LogP contribution in [0.2, 0.25) is 0 Å². The lowest BCUT2D eigenvalue weighted by molar-refractivity contribution is 0.0510. The van der Waals surface area contributed by atoms with Crippen molar-refractivity contribution in [3.05, 3.63) is 58.7 Å². The lowest BCUT2D eigenvalue weighted by Crippen LogP contribution is -2.31. The second kappa shape index (κ2) is 11.0. The van der Waals surface area contributed by atoms with Crippen LogP contribution in [-0.2, 0) is 9.47 Å². The zero-order valence-corrected chi connectivity index (χ0v) is 22.7. The molecule has 2 aliphatic rings. The summed E-state index contributed by atoms with van der Waals surface area (Å²) in [5, 5.41) is 1.78. The molecule has 0 N–H and O–H groups in total. The van der Waals surface area contributed by atoms with Crippen LogP contribution in [-0.4, -0.2) is 48.4 Å². The molecule has 7 heteroatoms. The molecule has 0 spiro atoms. The Morgan fingerprint density at radius 3 is 1.64 bits per heavy atom. The molecule has 0 bridgehead atoms. The van der Waals surface area contributed by atoms with E-state index in [1.807, 2.05) is 36.4 Å². The fourth-order valence-corrected chi connectivity index (χ4v) is 5.90. The van der Waals surface area contributed by atoms with Gasteiger partial charge in [-0.15, -0.1) is 0 Å². The Morgan fingerprint density at radius 2 is 1.15 bits per heavy atom. The van der Waals surface area contributed by atoms with E-state index in [-0.39, 0.29) is 42.0 Å². The van der Waals surface area contributed by atoms with Crippen molar-refractivity contribution in [2.75, 3.05) is 19.8 Å². The van der Waals surface area contributed by atoms with Crippen LogP contribution in [0.4, 0.5) is 0 Å². The molecule has 0 aromatic heterocycles. The van der Waals surface area contributed by atoms with Crippen LogP contribution in [0.3, 0.4) is 0 Å². The first kappa shape index (κ1) is 26.6. The molecule has 1 heterocycles. The number of benzene rings is 3. The number of carbonyl (C=O) groups excluding carboxylic acids is 4. The first-order valence-corrected chi connectivity index (χ1v) is 13.9. The number of nitrogens with zero attached hydrogens (tertiary/aromatic N) is 1. The molecule has 0 atom stereocenters. The van der Waals surface area contributed by atoms with E-state index >= 15 is 0 Å². The average molecular weight is 528 g/mol. The summed E-state index contributed by atoms with van der Waals surface area (Å²) in [5.41, 5.74) is 2.32. The standard InChI is InChI=1S/C32H33NO6/c1-4-7-8-9-10-11-18-33-29(34)25-26(30(33)35)28(32(37)39-6-3)24-21-17-13-15-19-14-12-16-20(22(19)21)23(24)27(25)31(36)38-5-2/h12-17H,4-11,18H2,1-3H3. The number of amides is 2. The maximum absolute atomic E-state index is 13.9. The van der Waals surface area contributed by atoms with Crippen molar-refractivity contribution in [1.29, 1.82) is 0 Å². The molecule has 2 amide bonds. The molecule has 39 heavy (non-hydrogen) atoms. The summed E-state index contributed by atoms with van der Waals surface area (Å²) in [5.74, 6) is -2.51. The maximum Gasteiger partial charge on any atom is 0.339 e. The molecule has 7 nitrogen and oxygen atoms in total. The largest absolute Gasteiger partial charge is 0.462 e. The van der Waals surface area contributed by atoms with Crippen LogP contribution < -0.4 is 0 Å². The fraction of sp³-hybridized carbons (Fsp3) is 0.375. The monoisotopic (exact) mass is 527 g/mol. The lowest BCUT2D eigenvalue weighted by atomic mass is 9.86. The second-order valence-electron chi connectivity index (χ2n) is 9.93. The van der Waals surface area contributed by atoms with E-state index in [1.165, 1.54) is 4.90 Å². The van der Waals surface area contributed by atoms with Gasteiger partial charge in [0.1, 0.15) is 0 Å². The van der Waals surface area contributed by atoms with Crippen molar-refractivity contribution in [3.63, 3.8) is 0 Å². The van der Waals surface area contributed by atoms with Crippen molar-refractivity contribution < 1.29 is 28.7 Å². The minimum atomic E-state index is -0.687. The fourth-order valence-electron chi connectivity index (χ4n) is 5.90. The summed E-state index contributed by atoms with van der Waals surface area (Å²) in [7, 11) is 0. The van der Waals surface area contributed by atoms with Crippen molar-refractivity contribution in [2.24, 2.45) is 0 Å². The molecule has 0 unspecified atom stereocenters. The van der Waals surface area contributed by atoms with Gasteiger partial charge in [0.15, 0.2) is 0 Å². The van der Waals surface area contributed by atoms with E-state index in [0.29, 0.717) is 17.5 Å². The molecule has 0 radical (unpaired) electrons. The quantitative estimate of drug-likeness (QED) is 0.121. The Balaban J connectivity index is 1.73. The molecule has 3 aromatic carbocycles. The number of esters is 2. The molecule has 0 saturated heterocycles. The zero-order valence-electron chi connectivity index (χ0n) is 22.7. The zero-order chi connectivity index (χ0) is 27.7. The number of rotatable bonds is 11. The van der Waals surface area contributed by atoms with Gasteiger partial charge < -0.3 is 9.47 Å². The van der Waals surface area contributed by atoms with Gasteiger partial charge >= 0.3 is 11.9 Å². The number of ether oxygens (including phenoxy) is 2. The van der Waals surface area contributed by atoms with Gasteiger partial charge in [-0.25, -0.2) is 9.59 Å². The predicted molar refractivity (Wildman–Crippen MR) is 149 cm³/mol. The van der Waals surface area contributed by atoms with Gasteiger partial charge in [-0.05, 0) is 42.2 Å². The Morgan fingerprint density at radius 1 is 0.667 bits per heavy atom. The molecule has 1 aliphatic heterocycles. The Bertz CT molecular complexity index is 1400. The number of unbranched alkanes of at least 4 members (excludes halogenated alkanes) is 5.